The zero-order valence-electron chi connectivity index (χ0n) is 15.1. The molecule has 3 aromatic rings. The Balaban J connectivity index is 2.21. The maximum absolute atomic E-state index is 11.4. The number of nitrogen functional groups attached to an aromatic ring is 1. The molecular formula is C19H19N3O4S. The Kier molecular flexibility index (Phi) is 4.63. The van der Waals surface area contributed by atoms with Crippen LogP contribution >= 0.6 is 0 Å². The number of anilines is 1. The first-order valence-corrected chi connectivity index (χ1v) is 9.55. The summed E-state index contributed by atoms with van der Waals surface area (Å²) >= 11 is 0. The van der Waals surface area contributed by atoms with Crippen LogP contribution in [0.15, 0.2) is 51.5 Å². The van der Waals surface area contributed by atoms with Gasteiger partial charge in [0.05, 0.1) is 10.6 Å². The predicted octanol–water partition coefficient (Wildman–Crippen LogP) is 4.71. The summed E-state index contributed by atoms with van der Waals surface area (Å²) in [6, 6.07) is 9.75. The number of aryl methyl sites for hydroxylation is 3. The van der Waals surface area contributed by atoms with Crippen molar-refractivity contribution >= 4 is 38.0 Å². The molecule has 0 aromatic heterocycles. The van der Waals surface area contributed by atoms with Gasteiger partial charge in [-0.15, -0.1) is 10.2 Å². The minimum atomic E-state index is -4.41. The van der Waals surface area contributed by atoms with E-state index in [-0.39, 0.29) is 27.4 Å². The maximum atomic E-state index is 11.4. The van der Waals surface area contributed by atoms with Crippen molar-refractivity contribution in [2.24, 2.45) is 10.2 Å². The number of hydrogen-bond donors (Lipinski definition) is 3. The Labute approximate surface area is 156 Å². The van der Waals surface area contributed by atoms with Crippen molar-refractivity contribution < 1.29 is 18.1 Å². The van der Waals surface area contributed by atoms with Crippen LogP contribution in [0.4, 0.5) is 17.1 Å². The normalized spacial score (nSPS) is 12.1. The van der Waals surface area contributed by atoms with E-state index in [0.29, 0.717) is 16.6 Å². The smallest absolute Gasteiger partial charge is 0.294 e. The Morgan fingerprint density at radius 3 is 2.11 bits per heavy atom. The number of aromatic hydroxyl groups is 1. The standard InChI is InChI=1S/C19H19N3O4S/c1-10-5-4-6-11(2)17(10)21-22-18-12(3)7-13-8-14(27(24,25)26)9-15(20)16(13)19(18)23/h4-9,23H,20H2,1-3H3,(H,24,25,26)/b22-21+. The van der Waals surface area contributed by atoms with Gasteiger partial charge < -0.3 is 10.8 Å². The lowest BCUT2D eigenvalue weighted by atomic mass is 10.0. The molecule has 8 heteroatoms. The predicted molar refractivity (Wildman–Crippen MR) is 105 cm³/mol. The lowest BCUT2D eigenvalue weighted by Gasteiger charge is -2.11. The fourth-order valence-corrected chi connectivity index (χ4v) is 3.54. The molecule has 7 nitrogen and oxygen atoms in total. The van der Waals surface area contributed by atoms with Crippen LogP contribution in [-0.4, -0.2) is 18.1 Å². The van der Waals surface area contributed by atoms with Gasteiger partial charge in [-0.3, -0.25) is 4.55 Å². The molecule has 3 aromatic carbocycles. The number of phenols is 1. The van der Waals surface area contributed by atoms with Crippen LogP contribution in [0.3, 0.4) is 0 Å². The molecule has 0 aliphatic heterocycles. The highest BCUT2D eigenvalue weighted by Gasteiger charge is 2.18. The van der Waals surface area contributed by atoms with Gasteiger partial charge in [-0.1, -0.05) is 18.2 Å². The van der Waals surface area contributed by atoms with Crippen LogP contribution in [0.1, 0.15) is 16.7 Å². The Morgan fingerprint density at radius 2 is 1.52 bits per heavy atom. The molecule has 0 saturated carbocycles. The quantitative estimate of drug-likeness (QED) is 0.342. The first-order valence-electron chi connectivity index (χ1n) is 8.11. The first kappa shape index (κ1) is 18.8. The van der Waals surface area contributed by atoms with Gasteiger partial charge in [-0.05, 0) is 61.0 Å². The van der Waals surface area contributed by atoms with Gasteiger partial charge in [0.25, 0.3) is 10.1 Å². The second kappa shape index (κ2) is 6.64. The molecule has 0 atom stereocenters. The summed E-state index contributed by atoms with van der Waals surface area (Å²) < 4.78 is 32.0. The van der Waals surface area contributed by atoms with E-state index in [1.807, 2.05) is 32.0 Å². The summed E-state index contributed by atoms with van der Waals surface area (Å²) in [6.07, 6.45) is 0. The van der Waals surface area contributed by atoms with Gasteiger partial charge in [-0.2, -0.15) is 8.42 Å². The molecule has 0 fully saturated rings. The number of nitrogens with zero attached hydrogens (tertiary/aromatic N) is 2. The van der Waals surface area contributed by atoms with Crippen molar-refractivity contribution in [2.45, 2.75) is 25.7 Å². The SMILES string of the molecule is Cc1cccc(C)c1/N=N/c1c(C)cc2cc(S(=O)(=O)O)cc(N)c2c1O. The number of rotatable bonds is 3. The minimum Gasteiger partial charge on any atom is -0.505 e. The number of nitrogens with two attached hydrogens (primary N) is 1. The summed E-state index contributed by atoms with van der Waals surface area (Å²) in [4.78, 5) is -0.337. The van der Waals surface area contributed by atoms with E-state index in [4.69, 9.17) is 5.73 Å². The molecule has 0 bridgehead atoms. The van der Waals surface area contributed by atoms with Crippen molar-refractivity contribution in [3.63, 3.8) is 0 Å². The van der Waals surface area contributed by atoms with Crippen molar-refractivity contribution in [2.75, 3.05) is 5.73 Å². The Bertz CT molecular complexity index is 1180. The molecule has 0 heterocycles. The number of azo groups is 1. The van der Waals surface area contributed by atoms with Gasteiger partial charge in [0.15, 0.2) is 5.75 Å². The lowest BCUT2D eigenvalue weighted by Crippen LogP contribution is -2.00. The number of fused-ring (bicyclic) bond motifs is 1. The Hall–Kier alpha value is -2.97. The van der Waals surface area contributed by atoms with E-state index >= 15 is 0 Å². The molecule has 0 aliphatic carbocycles. The molecule has 140 valence electrons. The van der Waals surface area contributed by atoms with Gasteiger partial charge >= 0.3 is 0 Å². The van der Waals surface area contributed by atoms with Crippen LogP contribution in [0.5, 0.6) is 5.75 Å². The fourth-order valence-electron chi connectivity index (χ4n) is 2.99. The molecule has 0 amide bonds. The third-order valence-corrected chi connectivity index (χ3v) is 5.20. The molecule has 4 N–H and O–H groups in total. The minimum absolute atomic E-state index is 0.0150. The third kappa shape index (κ3) is 3.49. The summed E-state index contributed by atoms with van der Waals surface area (Å²) in [5, 5.41) is 19.8. The topological polar surface area (TPSA) is 125 Å². The van der Waals surface area contributed by atoms with Crippen LogP contribution in [0.2, 0.25) is 0 Å². The van der Waals surface area contributed by atoms with Crippen molar-refractivity contribution in [1.29, 1.82) is 0 Å². The first-order chi connectivity index (χ1) is 12.6. The van der Waals surface area contributed by atoms with Crippen LogP contribution in [0.25, 0.3) is 10.8 Å². The summed E-state index contributed by atoms with van der Waals surface area (Å²) in [7, 11) is -4.41. The number of hydrogen-bond acceptors (Lipinski definition) is 6. The van der Waals surface area contributed by atoms with E-state index in [9.17, 15) is 18.1 Å². The number of benzene rings is 3. The molecule has 0 aliphatic rings. The second-order valence-corrected chi connectivity index (χ2v) is 7.84. The molecule has 0 radical (unpaired) electrons. The van der Waals surface area contributed by atoms with E-state index in [1.54, 1.807) is 13.0 Å². The summed E-state index contributed by atoms with van der Waals surface area (Å²) in [5.74, 6) is -0.195. The highest BCUT2D eigenvalue weighted by atomic mass is 32.2. The van der Waals surface area contributed by atoms with Crippen LogP contribution in [0, 0.1) is 20.8 Å². The monoisotopic (exact) mass is 385 g/mol. The van der Waals surface area contributed by atoms with Crippen LogP contribution in [-0.2, 0) is 10.1 Å². The van der Waals surface area contributed by atoms with Crippen LogP contribution < -0.4 is 5.73 Å². The fraction of sp³-hybridized carbons (Fsp3) is 0.158. The second-order valence-electron chi connectivity index (χ2n) is 6.42. The zero-order valence-corrected chi connectivity index (χ0v) is 15.9. The molecule has 0 spiro atoms. The van der Waals surface area contributed by atoms with Gasteiger partial charge in [0, 0.05) is 11.1 Å². The molecule has 27 heavy (non-hydrogen) atoms. The van der Waals surface area contributed by atoms with E-state index in [1.165, 1.54) is 6.07 Å². The van der Waals surface area contributed by atoms with Crippen molar-refractivity contribution in [1.82, 2.24) is 0 Å². The van der Waals surface area contributed by atoms with E-state index in [2.05, 4.69) is 10.2 Å². The summed E-state index contributed by atoms with van der Waals surface area (Å²) in [6.45, 7) is 5.56. The van der Waals surface area contributed by atoms with Crippen molar-refractivity contribution in [3.05, 3.63) is 53.1 Å². The molecule has 0 unspecified atom stereocenters. The van der Waals surface area contributed by atoms with Crippen molar-refractivity contribution in [3.8, 4) is 5.75 Å². The molecule has 0 saturated heterocycles. The van der Waals surface area contributed by atoms with Gasteiger partial charge in [0.2, 0.25) is 0 Å². The third-order valence-electron chi connectivity index (χ3n) is 4.37. The maximum Gasteiger partial charge on any atom is 0.294 e. The van der Waals surface area contributed by atoms with Gasteiger partial charge in [-0.25, -0.2) is 0 Å². The zero-order chi connectivity index (χ0) is 19.9. The molecule has 3 rings (SSSR count). The van der Waals surface area contributed by atoms with E-state index < -0.39 is 10.1 Å². The lowest BCUT2D eigenvalue weighted by molar-refractivity contribution is 0.480. The number of phenolic OH excluding ortho intramolecular Hbond substituents is 1. The highest BCUT2D eigenvalue weighted by molar-refractivity contribution is 7.85. The average molecular weight is 385 g/mol. The molecular weight excluding hydrogens is 366 g/mol. The highest BCUT2D eigenvalue weighted by Crippen LogP contribution is 2.42. The summed E-state index contributed by atoms with van der Waals surface area (Å²) in [5.41, 5.74) is 9.39. The Morgan fingerprint density at radius 1 is 0.926 bits per heavy atom. The van der Waals surface area contributed by atoms with E-state index in [0.717, 1.165) is 17.2 Å². The average Bonchev–Trinajstić information content (AvgIpc) is 2.55. The van der Waals surface area contributed by atoms with Gasteiger partial charge in [0.1, 0.15) is 5.69 Å². The largest absolute Gasteiger partial charge is 0.505 e.